The zero-order chi connectivity index (χ0) is 45.8. The molecule has 2 atom stereocenters. The fourth-order valence-corrected chi connectivity index (χ4v) is 11.2. The number of carbonyl (C=O) groups is 6. The van der Waals surface area contributed by atoms with E-state index >= 15 is 0 Å². The van der Waals surface area contributed by atoms with Crippen LogP contribution in [0.15, 0.2) is 91.0 Å². The Balaban J connectivity index is 1.45. The largest absolute Gasteiger partial charge is 0.444 e. The topological polar surface area (TPSA) is 174 Å². The maximum atomic E-state index is 13.6. The highest BCUT2D eigenvalue weighted by atomic mass is 28.4. The number of ether oxygens (including phenoxy) is 1. The molecular weight excluding hydrogens is 803 g/mol. The first-order chi connectivity index (χ1) is 29.1. The Morgan fingerprint density at radius 2 is 1.35 bits per heavy atom. The van der Waals surface area contributed by atoms with Crippen LogP contribution in [0.1, 0.15) is 98.6 Å². The van der Waals surface area contributed by atoms with E-state index < -0.39 is 48.9 Å². The Kier molecular flexibility index (Phi) is 17.0. The number of carbonyl (C=O) groups excluding carboxylic acids is 6. The molecule has 0 radical (unpaired) electrons. The van der Waals surface area contributed by atoms with Crippen molar-refractivity contribution in [3.63, 3.8) is 0 Å². The van der Waals surface area contributed by atoms with E-state index in [4.69, 9.17) is 4.74 Å². The first-order valence-corrected chi connectivity index (χ1v) is 23.4. The summed E-state index contributed by atoms with van der Waals surface area (Å²) in [5.74, 6) is -2.22. The van der Waals surface area contributed by atoms with Crippen molar-refractivity contribution in [3.05, 3.63) is 102 Å². The van der Waals surface area contributed by atoms with Crippen LogP contribution in [0, 0.1) is 5.92 Å². The smallest absolute Gasteiger partial charge is 0.410 e. The molecule has 0 fully saturated rings. The van der Waals surface area contributed by atoms with Gasteiger partial charge in [-0.2, -0.15) is 0 Å². The second-order valence-corrected chi connectivity index (χ2v) is 22.1. The number of hydrogen-bond donors (Lipinski definition) is 4. The second kappa shape index (κ2) is 21.5. The minimum Gasteiger partial charge on any atom is -0.444 e. The summed E-state index contributed by atoms with van der Waals surface area (Å²) in [6.07, 6.45) is 5.02. The van der Waals surface area contributed by atoms with Crippen molar-refractivity contribution in [1.82, 2.24) is 20.4 Å². The van der Waals surface area contributed by atoms with Gasteiger partial charge in [-0.15, -0.1) is 0 Å². The van der Waals surface area contributed by atoms with Crippen molar-refractivity contribution in [3.8, 4) is 0 Å². The number of amides is 6. The van der Waals surface area contributed by atoms with Crippen molar-refractivity contribution in [2.24, 2.45) is 5.92 Å². The summed E-state index contributed by atoms with van der Waals surface area (Å²) in [7, 11) is -1.64. The van der Waals surface area contributed by atoms with E-state index in [-0.39, 0.29) is 43.1 Å². The molecule has 3 aromatic rings. The molecule has 1 heterocycles. The molecule has 1 aliphatic rings. The molecule has 0 spiro atoms. The fourth-order valence-electron chi connectivity index (χ4n) is 7.47. The second-order valence-electron chi connectivity index (χ2n) is 18.1. The van der Waals surface area contributed by atoms with Gasteiger partial charge in [0, 0.05) is 44.4 Å². The molecule has 14 heteroatoms. The normalized spacial score (nSPS) is 14.1. The maximum absolute atomic E-state index is 13.6. The average Bonchev–Trinajstić information content (AvgIpc) is 3.54. The van der Waals surface area contributed by atoms with Crippen LogP contribution in [0.2, 0.25) is 5.04 Å². The quantitative estimate of drug-likeness (QED) is 0.0647. The number of anilines is 1. The predicted molar refractivity (Wildman–Crippen MR) is 244 cm³/mol. The molecule has 4 rings (SSSR count). The van der Waals surface area contributed by atoms with Crippen molar-refractivity contribution < 1.29 is 38.3 Å². The van der Waals surface area contributed by atoms with E-state index in [1.54, 1.807) is 54.7 Å². The summed E-state index contributed by atoms with van der Waals surface area (Å²) < 4.78 is 5.64. The van der Waals surface area contributed by atoms with Crippen molar-refractivity contribution in [1.29, 1.82) is 0 Å². The summed E-state index contributed by atoms with van der Waals surface area (Å²) in [6.45, 7) is 15.3. The maximum Gasteiger partial charge on any atom is 0.410 e. The number of nitrogens with one attached hydrogen (secondary N) is 3. The summed E-state index contributed by atoms with van der Waals surface area (Å²) in [4.78, 5) is 91.8. The molecule has 0 saturated heterocycles. The highest BCUT2D eigenvalue weighted by Crippen LogP contribution is 2.40. The Bertz CT molecular complexity index is 2030. The van der Waals surface area contributed by atoms with E-state index in [1.807, 2.05) is 72.8 Å². The lowest BCUT2D eigenvalue weighted by molar-refractivity contribution is -0.137. The number of unbranched alkanes of at least 4 members (excludes halogenated alkanes) is 2. The molecule has 3 aromatic carbocycles. The molecule has 0 unspecified atom stereocenters. The van der Waals surface area contributed by atoms with Crippen LogP contribution in [-0.2, 0) is 41.7 Å². The molecule has 1 aliphatic heterocycles. The Morgan fingerprint density at radius 1 is 0.774 bits per heavy atom. The highest BCUT2D eigenvalue weighted by Gasteiger charge is 2.49. The summed E-state index contributed by atoms with van der Waals surface area (Å²) in [6, 6.07) is 23.4. The molecule has 0 bridgehead atoms. The minimum absolute atomic E-state index is 0.161. The lowest BCUT2D eigenvalue weighted by atomic mass is 9.97. The Labute approximate surface area is 367 Å². The third kappa shape index (κ3) is 13.2. The SMILES string of the molecule is CC(C)[C@H](NC(=O)CCCCCN1C(=O)C=CC1=O)C(=O)N[C@@H](C)C(=O)Nc1ccc(CCC(C)(C)[Si](O)(c2ccccc2)c2ccccc2)c(CN(C)C(=O)OC(C)(C)C)c1. The van der Waals surface area contributed by atoms with Crippen LogP contribution < -0.4 is 26.3 Å². The zero-order valence-corrected chi connectivity index (χ0v) is 38.7. The van der Waals surface area contributed by atoms with Gasteiger partial charge in [0.05, 0.1) is 0 Å². The average molecular weight is 868 g/mol. The van der Waals surface area contributed by atoms with E-state index in [0.717, 1.165) is 21.5 Å². The van der Waals surface area contributed by atoms with Crippen LogP contribution in [-0.4, -0.2) is 89.8 Å². The number of imide groups is 1. The molecular formula is C48H65N5O8Si. The first-order valence-electron chi connectivity index (χ1n) is 21.5. The molecule has 6 amide bonds. The van der Waals surface area contributed by atoms with Crippen LogP contribution in [0.4, 0.5) is 10.5 Å². The van der Waals surface area contributed by atoms with Crippen LogP contribution >= 0.6 is 0 Å². The van der Waals surface area contributed by atoms with Crippen LogP contribution in [0.5, 0.6) is 0 Å². The van der Waals surface area contributed by atoms with Gasteiger partial charge in [0.25, 0.3) is 20.1 Å². The molecule has 4 N–H and O–H groups in total. The van der Waals surface area contributed by atoms with Gasteiger partial charge in [0.15, 0.2) is 0 Å². The lowest BCUT2D eigenvalue weighted by Crippen LogP contribution is -2.65. The standard InChI is InChI=1S/C48H65N5O8Si/c1-33(2)43(51-40(54)23-17-12-18-30-53-41(55)26-27-42(53)56)45(58)49-34(3)44(57)50-37-25-24-35(36(31-37)32-52(9)46(59)61-47(4,5)6)28-29-48(7,8)62(60,38-19-13-10-14-20-38)39-21-15-11-16-22-39/h10-11,13-16,19-22,24-27,31,33-34,43,60H,12,17-18,23,28-30,32H2,1-9H3,(H,49,58)(H,50,57)(H,51,54)/t34-,43-/m0/s1. The number of benzene rings is 3. The van der Waals surface area contributed by atoms with E-state index in [2.05, 4.69) is 29.8 Å². The monoisotopic (exact) mass is 867 g/mol. The van der Waals surface area contributed by atoms with Gasteiger partial charge in [-0.1, -0.05) is 101 Å². The predicted octanol–water partition coefficient (Wildman–Crippen LogP) is 5.59. The van der Waals surface area contributed by atoms with E-state index in [1.165, 1.54) is 22.0 Å². The van der Waals surface area contributed by atoms with Crippen molar-refractivity contribution in [2.45, 2.75) is 123 Å². The van der Waals surface area contributed by atoms with Crippen LogP contribution in [0.25, 0.3) is 0 Å². The van der Waals surface area contributed by atoms with Gasteiger partial charge in [-0.25, -0.2) is 4.79 Å². The Morgan fingerprint density at radius 3 is 1.90 bits per heavy atom. The summed E-state index contributed by atoms with van der Waals surface area (Å²) in [5, 5.41) is 9.75. The third-order valence-corrected chi connectivity index (χ3v) is 15.7. The van der Waals surface area contributed by atoms with Gasteiger partial charge in [-0.3, -0.25) is 28.9 Å². The van der Waals surface area contributed by atoms with Gasteiger partial charge in [0.2, 0.25) is 17.7 Å². The minimum atomic E-state index is -3.30. The molecule has 0 aliphatic carbocycles. The van der Waals surface area contributed by atoms with Crippen LogP contribution in [0.3, 0.4) is 0 Å². The molecule has 334 valence electrons. The summed E-state index contributed by atoms with van der Waals surface area (Å²) in [5.41, 5.74) is 1.49. The number of hydrogen-bond acceptors (Lipinski definition) is 8. The van der Waals surface area contributed by atoms with E-state index in [0.29, 0.717) is 37.8 Å². The third-order valence-electron chi connectivity index (χ3n) is 11.2. The van der Waals surface area contributed by atoms with Crippen molar-refractivity contribution in [2.75, 3.05) is 18.9 Å². The number of rotatable bonds is 20. The van der Waals surface area contributed by atoms with Gasteiger partial charge in [0.1, 0.15) is 17.7 Å². The van der Waals surface area contributed by atoms with Gasteiger partial charge < -0.3 is 30.4 Å². The molecule has 13 nitrogen and oxygen atoms in total. The lowest BCUT2D eigenvalue weighted by Gasteiger charge is -2.41. The van der Waals surface area contributed by atoms with E-state index in [9.17, 15) is 33.6 Å². The number of nitrogens with zero attached hydrogens (tertiary/aromatic N) is 2. The zero-order valence-electron chi connectivity index (χ0n) is 37.7. The fraction of sp³-hybridized carbons (Fsp3) is 0.458. The number of aryl methyl sites for hydroxylation is 1. The molecule has 62 heavy (non-hydrogen) atoms. The van der Waals surface area contributed by atoms with Crippen molar-refractivity contribution >= 4 is 60.0 Å². The highest BCUT2D eigenvalue weighted by molar-refractivity contribution is 6.98. The van der Waals surface area contributed by atoms with Gasteiger partial charge >= 0.3 is 6.09 Å². The molecule has 0 saturated carbocycles. The first kappa shape index (κ1) is 49.1. The Hall–Kier alpha value is -5.60. The summed E-state index contributed by atoms with van der Waals surface area (Å²) >= 11 is 0. The van der Waals surface area contributed by atoms with Gasteiger partial charge in [-0.05, 0) is 98.0 Å². The molecule has 0 aromatic heterocycles.